The first-order valence-corrected chi connectivity index (χ1v) is 8.34. The van der Waals surface area contributed by atoms with E-state index in [2.05, 4.69) is 26.0 Å². The number of nitrogens with zero attached hydrogens (tertiary/aromatic N) is 1. The van der Waals surface area contributed by atoms with Gasteiger partial charge in [-0.2, -0.15) is 0 Å². The second-order valence-corrected chi connectivity index (χ2v) is 7.44. The lowest BCUT2D eigenvalue weighted by Crippen LogP contribution is -2.36. The zero-order valence-electron chi connectivity index (χ0n) is 14.5. The SMILES string of the molecule is CC(C)Cc1cccc(C(C)C(=O)N2CCC(C)(C(=O)O)C2)c1. The number of carboxylic acids is 1. The zero-order valence-corrected chi connectivity index (χ0v) is 14.5. The quantitative estimate of drug-likeness (QED) is 0.906. The Labute approximate surface area is 138 Å². The average molecular weight is 317 g/mol. The second-order valence-electron chi connectivity index (χ2n) is 7.44. The Morgan fingerprint density at radius 2 is 2.00 bits per heavy atom. The molecule has 2 unspecified atom stereocenters. The Morgan fingerprint density at radius 3 is 2.57 bits per heavy atom. The molecule has 2 atom stereocenters. The van der Waals surface area contributed by atoms with E-state index in [0.29, 0.717) is 25.4 Å². The summed E-state index contributed by atoms with van der Waals surface area (Å²) >= 11 is 0. The number of carbonyl (C=O) groups is 2. The van der Waals surface area contributed by atoms with Crippen LogP contribution in [0.1, 0.15) is 51.2 Å². The van der Waals surface area contributed by atoms with Crippen LogP contribution in [0.2, 0.25) is 0 Å². The molecule has 1 N–H and O–H groups in total. The maximum absolute atomic E-state index is 12.7. The first-order chi connectivity index (χ1) is 10.7. The highest BCUT2D eigenvalue weighted by Crippen LogP contribution is 2.32. The Bertz CT molecular complexity index is 596. The molecule has 23 heavy (non-hydrogen) atoms. The van der Waals surface area contributed by atoms with E-state index in [9.17, 15) is 14.7 Å². The van der Waals surface area contributed by atoms with Crippen LogP contribution in [-0.2, 0) is 16.0 Å². The van der Waals surface area contributed by atoms with Crippen molar-refractivity contribution in [2.75, 3.05) is 13.1 Å². The number of likely N-dealkylation sites (tertiary alicyclic amines) is 1. The van der Waals surface area contributed by atoms with Crippen LogP contribution in [0, 0.1) is 11.3 Å². The topological polar surface area (TPSA) is 57.6 Å². The molecule has 1 aliphatic heterocycles. The fraction of sp³-hybridized carbons (Fsp3) is 0.579. The summed E-state index contributed by atoms with van der Waals surface area (Å²) in [5.74, 6) is -0.458. The molecule has 1 saturated heterocycles. The van der Waals surface area contributed by atoms with Crippen molar-refractivity contribution in [1.82, 2.24) is 4.90 Å². The molecule has 1 aromatic carbocycles. The molecule has 1 amide bonds. The molecule has 1 aromatic rings. The highest BCUT2D eigenvalue weighted by molar-refractivity contribution is 5.85. The third-order valence-corrected chi connectivity index (χ3v) is 4.77. The largest absolute Gasteiger partial charge is 0.481 e. The lowest BCUT2D eigenvalue weighted by molar-refractivity contribution is -0.147. The molecule has 0 aliphatic carbocycles. The Kier molecular flexibility index (Phi) is 5.12. The maximum atomic E-state index is 12.7. The number of hydrogen-bond donors (Lipinski definition) is 1. The summed E-state index contributed by atoms with van der Waals surface area (Å²) in [7, 11) is 0. The van der Waals surface area contributed by atoms with Gasteiger partial charge in [-0.05, 0) is 43.7 Å². The third-order valence-electron chi connectivity index (χ3n) is 4.77. The van der Waals surface area contributed by atoms with Gasteiger partial charge in [-0.3, -0.25) is 9.59 Å². The van der Waals surface area contributed by atoms with Crippen LogP contribution in [0.3, 0.4) is 0 Å². The normalized spacial score (nSPS) is 22.4. The minimum Gasteiger partial charge on any atom is -0.481 e. The predicted molar refractivity (Wildman–Crippen MR) is 90.3 cm³/mol. The number of aliphatic carboxylic acids is 1. The van der Waals surface area contributed by atoms with Crippen LogP contribution in [0.5, 0.6) is 0 Å². The Morgan fingerprint density at radius 1 is 1.30 bits per heavy atom. The van der Waals surface area contributed by atoms with Crippen molar-refractivity contribution in [1.29, 1.82) is 0 Å². The molecule has 0 spiro atoms. The molecule has 0 saturated carbocycles. The van der Waals surface area contributed by atoms with Crippen LogP contribution < -0.4 is 0 Å². The van der Waals surface area contributed by atoms with Crippen molar-refractivity contribution in [3.05, 3.63) is 35.4 Å². The summed E-state index contributed by atoms with van der Waals surface area (Å²) < 4.78 is 0. The van der Waals surface area contributed by atoms with Crippen molar-refractivity contribution >= 4 is 11.9 Å². The van der Waals surface area contributed by atoms with Crippen LogP contribution >= 0.6 is 0 Å². The van der Waals surface area contributed by atoms with Crippen molar-refractivity contribution in [2.45, 2.75) is 46.5 Å². The summed E-state index contributed by atoms with van der Waals surface area (Å²) in [6, 6.07) is 8.19. The molecule has 1 fully saturated rings. The summed E-state index contributed by atoms with van der Waals surface area (Å²) in [5, 5.41) is 9.31. The third kappa shape index (κ3) is 3.92. The van der Waals surface area contributed by atoms with E-state index >= 15 is 0 Å². The summed E-state index contributed by atoms with van der Waals surface area (Å²) in [6.45, 7) is 8.81. The van der Waals surface area contributed by atoms with E-state index in [1.54, 1.807) is 11.8 Å². The van der Waals surface area contributed by atoms with Crippen molar-refractivity contribution in [3.63, 3.8) is 0 Å². The van der Waals surface area contributed by atoms with E-state index in [0.717, 1.165) is 12.0 Å². The fourth-order valence-electron chi connectivity index (χ4n) is 3.20. The van der Waals surface area contributed by atoms with Gasteiger partial charge in [-0.1, -0.05) is 38.1 Å². The monoisotopic (exact) mass is 317 g/mol. The molecular weight excluding hydrogens is 290 g/mol. The van der Waals surface area contributed by atoms with Gasteiger partial charge in [0.05, 0.1) is 11.3 Å². The molecular formula is C19H27NO3. The number of amides is 1. The van der Waals surface area contributed by atoms with Gasteiger partial charge >= 0.3 is 5.97 Å². The lowest BCUT2D eigenvalue weighted by Gasteiger charge is -2.23. The van der Waals surface area contributed by atoms with Crippen LogP contribution in [0.25, 0.3) is 0 Å². The lowest BCUT2D eigenvalue weighted by atomic mass is 9.90. The summed E-state index contributed by atoms with van der Waals surface area (Å²) in [5.41, 5.74) is 1.44. The maximum Gasteiger partial charge on any atom is 0.311 e. The van der Waals surface area contributed by atoms with Crippen molar-refractivity contribution < 1.29 is 14.7 Å². The van der Waals surface area contributed by atoms with E-state index in [-0.39, 0.29) is 11.8 Å². The van der Waals surface area contributed by atoms with Crippen LogP contribution in [0.15, 0.2) is 24.3 Å². The molecule has 4 nitrogen and oxygen atoms in total. The van der Waals surface area contributed by atoms with E-state index in [1.807, 2.05) is 19.1 Å². The first kappa shape index (κ1) is 17.5. The number of hydrogen-bond acceptors (Lipinski definition) is 2. The molecule has 1 heterocycles. The highest BCUT2D eigenvalue weighted by atomic mass is 16.4. The van der Waals surface area contributed by atoms with E-state index in [4.69, 9.17) is 0 Å². The smallest absolute Gasteiger partial charge is 0.311 e. The summed E-state index contributed by atoms with van der Waals surface area (Å²) in [6.07, 6.45) is 1.52. The molecule has 2 rings (SSSR count). The second kappa shape index (κ2) is 6.73. The molecule has 126 valence electrons. The van der Waals surface area contributed by atoms with Gasteiger partial charge in [0, 0.05) is 13.1 Å². The minimum absolute atomic E-state index is 0.0247. The molecule has 1 aliphatic rings. The van der Waals surface area contributed by atoms with E-state index < -0.39 is 11.4 Å². The first-order valence-electron chi connectivity index (χ1n) is 8.34. The van der Waals surface area contributed by atoms with Gasteiger partial charge < -0.3 is 10.0 Å². The number of rotatable bonds is 5. The van der Waals surface area contributed by atoms with Crippen molar-refractivity contribution in [2.24, 2.45) is 11.3 Å². The number of benzene rings is 1. The van der Waals surface area contributed by atoms with Gasteiger partial charge in [0.2, 0.25) is 5.91 Å². The van der Waals surface area contributed by atoms with Gasteiger partial charge in [-0.25, -0.2) is 0 Å². The molecule has 0 bridgehead atoms. The highest BCUT2D eigenvalue weighted by Gasteiger charge is 2.42. The fourth-order valence-corrected chi connectivity index (χ4v) is 3.20. The number of carboxylic acid groups (broad SMARTS) is 1. The van der Waals surface area contributed by atoms with E-state index in [1.165, 1.54) is 5.56 Å². The molecule has 0 radical (unpaired) electrons. The predicted octanol–water partition coefficient (Wildman–Crippen LogP) is 3.31. The van der Waals surface area contributed by atoms with Crippen LogP contribution in [0.4, 0.5) is 0 Å². The number of carbonyl (C=O) groups excluding carboxylic acids is 1. The van der Waals surface area contributed by atoms with Crippen LogP contribution in [-0.4, -0.2) is 35.0 Å². The Balaban J connectivity index is 2.10. The summed E-state index contributed by atoms with van der Waals surface area (Å²) in [4.78, 5) is 25.8. The average Bonchev–Trinajstić information content (AvgIpc) is 2.89. The zero-order chi connectivity index (χ0) is 17.2. The van der Waals surface area contributed by atoms with Gasteiger partial charge in [0.25, 0.3) is 0 Å². The molecule has 0 aromatic heterocycles. The van der Waals surface area contributed by atoms with Crippen molar-refractivity contribution in [3.8, 4) is 0 Å². The van der Waals surface area contributed by atoms with Gasteiger partial charge in [-0.15, -0.1) is 0 Å². The van der Waals surface area contributed by atoms with Gasteiger partial charge in [0.1, 0.15) is 0 Å². The Hall–Kier alpha value is -1.84. The standard InChI is InChI=1S/C19H27NO3/c1-13(2)10-15-6-5-7-16(11-15)14(3)17(21)20-9-8-19(4,12-20)18(22)23/h5-7,11,13-14H,8-10,12H2,1-4H3,(H,22,23). The molecule has 4 heteroatoms. The van der Waals surface area contributed by atoms with Gasteiger partial charge in [0.15, 0.2) is 0 Å². The minimum atomic E-state index is -0.820.